The predicted octanol–water partition coefficient (Wildman–Crippen LogP) is 3.09. The van der Waals surface area contributed by atoms with E-state index in [1.807, 2.05) is 80.5 Å². The fourth-order valence-corrected chi connectivity index (χ4v) is 16.7. The molecule has 2 unspecified atom stereocenters. The molecular formula is C68H102CoN15O15P+. The minimum Gasteiger partial charge on any atom is -0.756 e. The molecule has 30 nitrogen and oxygen atoms in total. The SMILES string of the molecule is C/C1=C2N=C(/C=C3N=C(/C(C)=C4\[N-][C@@](C)([C@@H]5N=C1[C@](C)(CCC(=O)NCC(C)OP(=O)([O-])O[C@H]1[C@@H](O)[C@@H](n6cnc7cc(C)c(C)cc76)O[C@@H]1CO)[C@H]5CC(N)=O)[C@@](C)(CC(N)=O)[C@@H]4CCC(N)=O)[C@@](C)(CC(N)=O)[C@@H]\3CCC(N)=O)C(C)(C)[C@@H]/2CCC(N)=O.C[N+](C)(C)CCO.[C-]#N.[Co+3]. The van der Waals surface area contributed by atoms with Gasteiger partial charge in [-0.1, -0.05) is 47.1 Å². The third-order valence-electron chi connectivity index (χ3n) is 21.3. The number of carbonyl (C=O) groups excluding carboxylic acids is 7. The van der Waals surface area contributed by atoms with Gasteiger partial charge in [-0.15, -0.1) is 0 Å². The number of aliphatic imine (C=N–C) groups is 3. The molecule has 7 amide bonds. The van der Waals surface area contributed by atoms with Gasteiger partial charge in [0.1, 0.15) is 24.9 Å². The number of aryl methyl sites for hydroxylation is 2. The number of ether oxygens (including phenoxy) is 1. The second kappa shape index (κ2) is 32.5. The van der Waals surface area contributed by atoms with Crippen LogP contribution in [0.5, 0.6) is 0 Å². The van der Waals surface area contributed by atoms with Gasteiger partial charge < -0.3 is 99.9 Å². The molecule has 16 N–H and O–H groups in total. The van der Waals surface area contributed by atoms with Crippen molar-refractivity contribution in [3.8, 4) is 0 Å². The molecular weight excluding hydrogens is 1360 g/mol. The molecule has 32 heteroatoms. The van der Waals surface area contributed by atoms with Crippen molar-refractivity contribution in [2.75, 3.05) is 47.4 Å². The predicted molar refractivity (Wildman–Crippen MR) is 367 cm³/mol. The second-order valence-corrected chi connectivity index (χ2v) is 31.0. The number of nitrogens with two attached hydrogens (primary N) is 6. The van der Waals surface area contributed by atoms with Crippen LogP contribution >= 0.6 is 7.82 Å². The molecule has 552 valence electrons. The number of amides is 7. The van der Waals surface area contributed by atoms with Gasteiger partial charge in [0.2, 0.25) is 41.4 Å². The summed E-state index contributed by atoms with van der Waals surface area (Å²) < 4.78 is 32.7. The number of quaternary nitrogens is 1. The number of nitrogens with one attached hydrogen (secondary N) is 1. The van der Waals surface area contributed by atoms with Crippen molar-refractivity contribution in [1.82, 2.24) is 14.9 Å². The maximum absolute atomic E-state index is 14.4. The molecule has 100 heavy (non-hydrogen) atoms. The van der Waals surface area contributed by atoms with Crippen LogP contribution < -0.4 is 44.6 Å². The molecule has 8 bridgehead atoms. The normalized spacial score (nSPS) is 31.7. The topological polar surface area (TPSA) is 509 Å². The average Bonchev–Trinajstić information content (AvgIpc) is 1.52. The maximum atomic E-state index is 14.4. The minimum absolute atomic E-state index is 0. The number of nitrogens with zero attached hydrogens (tertiary/aromatic N) is 8. The summed E-state index contributed by atoms with van der Waals surface area (Å²) in [5.41, 5.74) is 36.7. The zero-order chi connectivity index (χ0) is 74.6. The number of rotatable bonds is 28. The van der Waals surface area contributed by atoms with Crippen LogP contribution in [0.15, 0.2) is 67.8 Å². The number of primary amides is 6. The maximum Gasteiger partial charge on any atom is 3.00 e. The molecule has 1 aromatic heterocycles. The number of aliphatic hydroxyl groups is 3. The number of hydrogen-bond acceptors (Lipinski definition) is 20. The molecule has 1 aromatic carbocycles. The Hall–Kier alpha value is -7.08. The van der Waals surface area contributed by atoms with E-state index in [-0.39, 0.29) is 101 Å². The molecule has 6 aliphatic heterocycles. The van der Waals surface area contributed by atoms with Gasteiger partial charge in [-0.05, 0) is 118 Å². The Labute approximate surface area is 595 Å². The van der Waals surface area contributed by atoms with Crippen molar-refractivity contribution < 1.29 is 93.4 Å². The first kappa shape index (κ1) is 83.6. The molecule has 0 saturated carbocycles. The van der Waals surface area contributed by atoms with Gasteiger partial charge in [-0.25, -0.2) is 4.98 Å². The van der Waals surface area contributed by atoms with Crippen molar-refractivity contribution in [3.63, 3.8) is 0 Å². The van der Waals surface area contributed by atoms with Crippen molar-refractivity contribution >= 4 is 77.3 Å². The van der Waals surface area contributed by atoms with Gasteiger partial charge in [0.05, 0.1) is 57.8 Å². The summed E-state index contributed by atoms with van der Waals surface area (Å²) in [4.78, 5) is 128. The van der Waals surface area contributed by atoms with Gasteiger partial charge in [0, 0.05) is 114 Å². The number of phosphoric ester groups is 1. The molecule has 8 rings (SSSR count). The quantitative estimate of drug-likeness (QED) is 0.0332. The van der Waals surface area contributed by atoms with Crippen LogP contribution in [0.2, 0.25) is 0 Å². The Bertz CT molecular complexity index is 3750. The first-order valence-electron chi connectivity index (χ1n) is 33.2. The van der Waals surface area contributed by atoms with E-state index >= 15 is 0 Å². The first-order chi connectivity index (χ1) is 45.9. The number of fused-ring (bicyclic) bond motifs is 7. The number of phosphoric acid groups is 1. The van der Waals surface area contributed by atoms with Crippen LogP contribution in [-0.2, 0) is 68.7 Å². The van der Waals surface area contributed by atoms with E-state index in [4.69, 9.17) is 85.4 Å². The number of aliphatic hydroxyl groups excluding tert-OH is 3. The van der Waals surface area contributed by atoms with Crippen LogP contribution in [0.4, 0.5) is 0 Å². The van der Waals surface area contributed by atoms with E-state index in [1.54, 1.807) is 6.92 Å². The van der Waals surface area contributed by atoms with Crippen LogP contribution in [0.1, 0.15) is 150 Å². The van der Waals surface area contributed by atoms with Crippen molar-refractivity contribution in [2.45, 2.75) is 189 Å². The number of imidazole rings is 1. The summed E-state index contributed by atoms with van der Waals surface area (Å²) in [5, 5.41) is 44.8. The molecule has 2 fully saturated rings. The first-order valence-corrected chi connectivity index (χ1v) is 34.7. The molecule has 0 spiro atoms. The Morgan fingerprint density at radius 3 is 1.90 bits per heavy atom. The van der Waals surface area contributed by atoms with Gasteiger partial charge in [0.15, 0.2) is 6.23 Å². The van der Waals surface area contributed by atoms with E-state index in [9.17, 15) is 53.2 Å². The number of likely N-dealkylation sites (N-methyl/N-ethyl adjacent to an activating group) is 1. The summed E-state index contributed by atoms with van der Waals surface area (Å²) in [6.07, 6.45) is -4.79. The third kappa shape index (κ3) is 17.7. The molecule has 6 aliphatic rings. The van der Waals surface area contributed by atoms with Gasteiger partial charge in [-0.2, -0.15) is 5.70 Å². The number of carbonyl (C=O) groups is 7. The van der Waals surface area contributed by atoms with Crippen molar-refractivity contribution in [2.24, 2.45) is 94.7 Å². The third-order valence-corrected chi connectivity index (χ3v) is 22.4. The largest absolute Gasteiger partial charge is 3.00 e. The van der Waals surface area contributed by atoms with E-state index in [0.717, 1.165) is 22.2 Å². The second-order valence-electron chi connectivity index (χ2n) is 29.7. The molecule has 2 aromatic rings. The summed E-state index contributed by atoms with van der Waals surface area (Å²) in [6.45, 7) is 24.8. The number of benzene rings is 1. The summed E-state index contributed by atoms with van der Waals surface area (Å²) in [7, 11) is 0.836. The van der Waals surface area contributed by atoms with Gasteiger partial charge in [-0.3, -0.25) is 53.1 Å². The van der Waals surface area contributed by atoms with Crippen molar-refractivity contribution in [1.29, 1.82) is 5.26 Å². The smallest absolute Gasteiger partial charge is 0.756 e. The standard InChI is InChI=1S/C62H90N13O14P.C5H14NO.CN.Co/c1-29-20-39-40(21-30(29)2)75(28-70-39)57-52(84)53(41(27-76)87-57)89-90(85,86)88-31(3)26-69-49(83)18-19-59(8)37(22-46(66)80)56-62(11)61(10,25-48(68)82)36(14-17-45(65)79)51(74-62)33(5)55-60(9,24-47(67)81)34(12-15-43(63)77)38(71-55)23-42-58(6,7)35(13-16-44(64)78)50(72-42)32(4)54(59)73-56;1-6(2,3)4-5-7;1-2;/h20-21,23,28,31,34-37,41,52-53,56-57,76,84H,12-19,22,24-27H2,1-11H3,(H15,63,64,65,66,67,68,69,71,72,73,74,77,78,79,80,81,82,83,85,86);7H,4-5H2,1-3H3;;/q;+1;-1;+3/p-2/t31?,34-,35-,36-,37+,41-,52-,53-,56-,57+,59-,60+,61+,62+;;;/m1.../s1. The van der Waals surface area contributed by atoms with E-state index < -0.39 is 143 Å². The van der Waals surface area contributed by atoms with E-state index in [1.165, 1.54) is 17.8 Å². The number of aromatic nitrogens is 2. The van der Waals surface area contributed by atoms with Crippen LogP contribution in [0, 0.1) is 71.0 Å². The Balaban J connectivity index is 0.00000169. The number of hydrogen-bond donors (Lipinski definition) is 10. The van der Waals surface area contributed by atoms with Crippen LogP contribution in [0.3, 0.4) is 0 Å². The van der Waals surface area contributed by atoms with Gasteiger partial charge >= 0.3 is 16.8 Å². The Morgan fingerprint density at radius 2 is 1.37 bits per heavy atom. The average molecular weight is 1460 g/mol. The van der Waals surface area contributed by atoms with Crippen LogP contribution in [0.25, 0.3) is 16.4 Å². The number of allylic oxidation sites excluding steroid dienone is 6. The molecule has 0 aliphatic carbocycles. The van der Waals surface area contributed by atoms with E-state index in [0.29, 0.717) is 56.4 Å². The monoisotopic (exact) mass is 1460 g/mol. The van der Waals surface area contributed by atoms with Gasteiger partial charge in [0.25, 0.3) is 7.82 Å². The van der Waals surface area contributed by atoms with E-state index in [2.05, 4.69) is 31.4 Å². The molecule has 0 radical (unpaired) electrons. The molecule has 7 heterocycles. The molecule has 2 saturated heterocycles. The summed E-state index contributed by atoms with van der Waals surface area (Å²) in [6, 6.07) is 2.65. The fraction of sp³-hybridized carbons (Fsp3) is 0.647. The van der Waals surface area contributed by atoms with Crippen LogP contribution in [-0.4, -0.2) is 171 Å². The zero-order valence-electron chi connectivity index (χ0n) is 59.8. The zero-order valence-corrected chi connectivity index (χ0v) is 61.7. The minimum atomic E-state index is -5.32. The fourth-order valence-electron chi connectivity index (χ4n) is 15.6. The summed E-state index contributed by atoms with van der Waals surface area (Å²) >= 11 is 0. The summed E-state index contributed by atoms with van der Waals surface area (Å²) in [5.74, 6) is -7.40. The van der Waals surface area contributed by atoms with Crippen molar-refractivity contribution in [3.05, 3.63) is 75.8 Å². The Kier molecular flexibility index (Phi) is 27.2. The Morgan fingerprint density at radius 1 is 0.800 bits per heavy atom. The molecule has 15 atom stereocenters.